The van der Waals surface area contributed by atoms with Gasteiger partial charge in [-0.1, -0.05) is 58.2 Å². The van der Waals surface area contributed by atoms with Crippen molar-refractivity contribution in [2.45, 2.75) is 84.0 Å². The fourth-order valence-corrected chi connectivity index (χ4v) is 6.91. The van der Waals surface area contributed by atoms with Crippen LogP contribution in [0.2, 0.25) is 0 Å². The third-order valence-corrected chi connectivity index (χ3v) is 9.95. The second kappa shape index (κ2) is 21.6. The highest BCUT2D eigenvalue weighted by Gasteiger charge is 2.24. The van der Waals surface area contributed by atoms with Crippen molar-refractivity contribution in [1.82, 2.24) is 4.90 Å². The largest absolute Gasteiger partial charge is 0.494 e. The molecule has 0 aliphatic heterocycles. The van der Waals surface area contributed by atoms with Gasteiger partial charge in [0.25, 0.3) is 10.0 Å². The van der Waals surface area contributed by atoms with Crippen LogP contribution in [-0.2, 0) is 26.0 Å². The van der Waals surface area contributed by atoms with Crippen molar-refractivity contribution in [3.63, 3.8) is 0 Å². The molecule has 4 rings (SSSR count). The van der Waals surface area contributed by atoms with E-state index in [4.69, 9.17) is 19.4 Å². The first-order valence-electron chi connectivity index (χ1n) is 18.2. The number of hydrogen-bond acceptors (Lipinski definition) is 8. The fraction of sp³-hybridized carbons (Fsp3) is 0.390. The minimum Gasteiger partial charge on any atom is -0.494 e. The van der Waals surface area contributed by atoms with E-state index in [0.717, 1.165) is 44.6 Å². The Labute approximate surface area is 312 Å². The molecule has 0 amide bonds. The van der Waals surface area contributed by atoms with Gasteiger partial charge in [-0.15, -0.1) is 0 Å². The summed E-state index contributed by atoms with van der Waals surface area (Å²) in [4.78, 5) is 35.8. The molecule has 1 aromatic heterocycles. The van der Waals surface area contributed by atoms with Crippen LogP contribution in [0.1, 0.15) is 93.0 Å². The molecule has 0 aliphatic carbocycles. The third-order valence-electron chi connectivity index (χ3n) is 8.41. The number of sulfonamides is 1. The number of carbonyl (C=O) groups excluding carboxylic acids is 1. The van der Waals surface area contributed by atoms with Crippen molar-refractivity contribution in [2.24, 2.45) is 0 Å². The lowest BCUT2D eigenvalue weighted by Crippen LogP contribution is -2.28. The second-order valence-electron chi connectivity index (χ2n) is 12.7. The summed E-state index contributed by atoms with van der Waals surface area (Å²) in [7, 11) is -3.82. The standard InChI is InChI=1S/C37H48N2O5S.C4H4O4/c1-5-8-15-34-36(32-27-30(19-22-33(32)44-34)38-45(41,42)35-16-12-11-14-28(35)4)37(40)29-17-20-31(21-18-29)43-26-13-25-39(23-9-6-2)24-10-7-3;5-3(6)1-2-4(7)8/h11-12,14,16-22,27,38H,5-10,13,15,23-26H2,1-4H3;1-2H,(H,5,6)(H,7,8)/b;2-1+. The number of ether oxygens (including phenoxy) is 1. The highest BCUT2D eigenvalue weighted by molar-refractivity contribution is 7.92. The van der Waals surface area contributed by atoms with Gasteiger partial charge in [0.05, 0.1) is 17.1 Å². The van der Waals surface area contributed by atoms with Gasteiger partial charge >= 0.3 is 11.9 Å². The molecule has 0 saturated heterocycles. The number of fused-ring (bicyclic) bond motifs is 1. The maximum absolute atomic E-state index is 13.9. The van der Waals surface area contributed by atoms with Gasteiger partial charge in [-0.2, -0.15) is 0 Å². The molecule has 0 radical (unpaired) electrons. The van der Waals surface area contributed by atoms with Crippen LogP contribution in [0.5, 0.6) is 5.75 Å². The maximum atomic E-state index is 13.9. The van der Waals surface area contributed by atoms with Crippen molar-refractivity contribution in [1.29, 1.82) is 0 Å². The maximum Gasteiger partial charge on any atom is 0.328 e. The zero-order chi connectivity index (χ0) is 38.8. The second-order valence-corrected chi connectivity index (χ2v) is 14.4. The Bertz CT molecular complexity index is 1910. The van der Waals surface area contributed by atoms with Gasteiger partial charge in [0.1, 0.15) is 17.1 Å². The molecule has 0 unspecified atom stereocenters. The summed E-state index contributed by atoms with van der Waals surface area (Å²) >= 11 is 0. The lowest BCUT2D eigenvalue weighted by atomic mass is 9.98. The Morgan fingerprint density at radius 1 is 0.811 bits per heavy atom. The zero-order valence-corrected chi connectivity index (χ0v) is 31.9. The first kappa shape index (κ1) is 42.5. The number of carbonyl (C=O) groups is 3. The number of carboxylic acid groups (broad SMARTS) is 2. The summed E-state index contributed by atoms with van der Waals surface area (Å²) in [5, 5.41) is 16.2. The first-order valence-corrected chi connectivity index (χ1v) is 19.7. The van der Waals surface area contributed by atoms with Crippen LogP contribution in [0.25, 0.3) is 11.0 Å². The van der Waals surface area contributed by atoms with E-state index in [-0.39, 0.29) is 10.7 Å². The average molecular weight is 749 g/mol. The summed E-state index contributed by atoms with van der Waals surface area (Å²) < 4.78 is 41.2. The van der Waals surface area contributed by atoms with Crippen LogP contribution in [0, 0.1) is 6.92 Å². The zero-order valence-electron chi connectivity index (χ0n) is 31.1. The predicted octanol–water partition coefficient (Wildman–Crippen LogP) is 8.50. The number of aryl methyl sites for hydroxylation is 2. The molecule has 4 aromatic rings. The topological polar surface area (TPSA) is 163 Å². The van der Waals surface area contributed by atoms with Crippen LogP contribution >= 0.6 is 0 Å². The molecular formula is C41H52N2O9S. The third kappa shape index (κ3) is 13.5. The van der Waals surface area contributed by atoms with Crippen LogP contribution in [0.4, 0.5) is 5.69 Å². The number of ketones is 1. The molecule has 0 bridgehead atoms. The molecule has 11 nitrogen and oxygen atoms in total. The van der Waals surface area contributed by atoms with Crippen molar-refractivity contribution in [2.75, 3.05) is 31.0 Å². The molecule has 286 valence electrons. The van der Waals surface area contributed by atoms with E-state index < -0.39 is 22.0 Å². The Balaban J connectivity index is 0.000000846. The molecule has 0 fully saturated rings. The Hall–Kier alpha value is -4.94. The summed E-state index contributed by atoms with van der Waals surface area (Å²) in [6.45, 7) is 12.2. The number of nitrogens with zero attached hydrogens (tertiary/aromatic N) is 1. The summed E-state index contributed by atoms with van der Waals surface area (Å²) in [6, 6.07) is 19.2. The van der Waals surface area contributed by atoms with Gasteiger partial charge in [0.15, 0.2) is 5.78 Å². The SMILES string of the molecule is CCCCc1oc2ccc(NS(=O)(=O)c3ccccc3C)cc2c1C(=O)c1ccc(OCCCN(CCCC)CCCC)cc1.O=C(O)/C=C/C(=O)O. The average Bonchev–Trinajstić information content (AvgIpc) is 3.50. The molecule has 1 heterocycles. The minimum absolute atomic E-state index is 0.159. The number of nitrogens with one attached hydrogen (secondary N) is 1. The van der Waals surface area contributed by atoms with Gasteiger partial charge in [-0.05, 0) is 99.8 Å². The van der Waals surface area contributed by atoms with Gasteiger partial charge in [0, 0.05) is 41.8 Å². The molecule has 0 spiro atoms. The van der Waals surface area contributed by atoms with E-state index >= 15 is 0 Å². The van der Waals surface area contributed by atoms with Gasteiger partial charge in [-0.25, -0.2) is 18.0 Å². The Morgan fingerprint density at radius 3 is 2.00 bits per heavy atom. The first-order chi connectivity index (χ1) is 25.4. The molecule has 0 aliphatic rings. The molecule has 12 heteroatoms. The lowest BCUT2D eigenvalue weighted by molar-refractivity contribution is -0.134. The Morgan fingerprint density at radius 2 is 1.42 bits per heavy atom. The number of unbranched alkanes of at least 4 members (excludes halogenated alkanes) is 3. The number of aliphatic carboxylic acids is 2. The van der Waals surface area contributed by atoms with E-state index in [2.05, 4.69) is 30.4 Å². The van der Waals surface area contributed by atoms with Crippen molar-refractivity contribution >= 4 is 44.4 Å². The number of hydrogen-bond donors (Lipinski definition) is 3. The lowest BCUT2D eigenvalue weighted by Gasteiger charge is -2.21. The van der Waals surface area contributed by atoms with E-state index in [0.29, 0.717) is 64.3 Å². The summed E-state index contributed by atoms with van der Waals surface area (Å²) in [6.07, 6.45) is 9.34. The molecule has 0 saturated carbocycles. The summed E-state index contributed by atoms with van der Waals surface area (Å²) in [5.41, 5.74) is 2.58. The van der Waals surface area contributed by atoms with Gasteiger partial charge in [0.2, 0.25) is 0 Å². The van der Waals surface area contributed by atoms with E-state index in [1.807, 2.05) is 12.1 Å². The number of carboxylic acids is 2. The van der Waals surface area contributed by atoms with E-state index in [9.17, 15) is 22.8 Å². The van der Waals surface area contributed by atoms with E-state index in [1.165, 1.54) is 25.7 Å². The van der Waals surface area contributed by atoms with Gasteiger partial charge < -0.3 is 24.3 Å². The van der Waals surface area contributed by atoms with Crippen LogP contribution in [0.3, 0.4) is 0 Å². The van der Waals surface area contributed by atoms with Crippen LogP contribution in [-0.4, -0.2) is 67.5 Å². The van der Waals surface area contributed by atoms with Crippen molar-refractivity contribution < 1.29 is 42.2 Å². The fourth-order valence-electron chi connectivity index (χ4n) is 5.61. The molecule has 3 N–H and O–H groups in total. The quantitative estimate of drug-likeness (QED) is 0.0428. The molecule has 0 atom stereocenters. The number of furan rings is 1. The van der Waals surface area contributed by atoms with Crippen LogP contribution in [0.15, 0.2) is 88.2 Å². The monoisotopic (exact) mass is 748 g/mol. The number of anilines is 1. The molecule has 53 heavy (non-hydrogen) atoms. The van der Waals surface area contributed by atoms with E-state index in [1.54, 1.807) is 61.5 Å². The minimum atomic E-state index is -3.82. The number of benzene rings is 3. The predicted molar refractivity (Wildman–Crippen MR) is 207 cm³/mol. The number of rotatable bonds is 21. The normalized spacial score (nSPS) is 11.4. The highest BCUT2D eigenvalue weighted by Crippen LogP contribution is 2.33. The molecule has 3 aromatic carbocycles. The smallest absolute Gasteiger partial charge is 0.328 e. The van der Waals surface area contributed by atoms with Gasteiger partial charge in [-0.3, -0.25) is 9.52 Å². The van der Waals surface area contributed by atoms with Crippen LogP contribution < -0.4 is 9.46 Å². The molecular weight excluding hydrogens is 697 g/mol. The highest BCUT2D eigenvalue weighted by atomic mass is 32.2. The Kier molecular flexibility index (Phi) is 17.3. The van der Waals surface area contributed by atoms with Crippen molar-refractivity contribution in [3.8, 4) is 5.75 Å². The van der Waals surface area contributed by atoms with Crippen molar-refractivity contribution in [3.05, 3.63) is 101 Å². The summed E-state index contributed by atoms with van der Waals surface area (Å²) in [5.74, 6) is -1.32.